The predicted molar refractivity (Wildman–Crippen MR) is 58.9 cm³/mol. The van der Waals surface area contributed by atoms with E-state index >= 15 is 0 Å². The van der Waals surface area contributed by atoms with Crippen molar-refractivity contribution in [2.24, 2.45) is 5.41 Å². The molecule has 0 N–H and O–H groups in total. The molecule has 0 aromatic rings. The molecule has 1 saturated heterocycles. The summed E-state index contributed by atoms with van der Waals surface area (Å²) < 4.78 is 0. The molecule has 0 unspecified atom stereocenters. The van der Waals surface area contributed by atoms with Crippen LogP contribution >= 0.6 is 0 Å². The van der Waals surface area contributed by atoms with Crippen LogP contribution in [0.4, 0.5) is 0 Å². The standard InChI is InChI=1S/C12H23N/c1-11(2)10-13-8-5-6-12(3,4)7-9-13/h1,5-10H2,2-4H3. The van der Waals surface area contributed by atoms with Crippen LogP contribution in [0.25, 0.3) is 0 Å². The van der Waals surface area contributed by atoms with Crippen LogP contribution in [0.3, 0.4) is 0 Å². The van der Waals surface area contributed by atoms with Crippen molar-refractivity contribution in [1.82, 2.24) is 4.90 Å². The van der Waals surface area contributed by atoms with E-state index in [1.54, 1.807) is 0 Å². The molecule has 0 radical (unpaired) electrons. The lowest BCUT2D eigenvalue weighted by Crippen LogP contribution is -2.26. The zero-order chi connectivity index (χ0) is 9.90. The van der Waals surface area contributed by atoms with Crippen LogP contribution in [0.1, 0.15) is 40.0 Å². The smallest absolute Gasteiger partial charge is 0.0187 e. The second kappa shape index (κ2) is 4.28. The highest BCUT2D eigenvalue weighted by Gasteiger charge is 2.22. The van der Waals surface area contributed by atoms with Crippen molar-refractivity contribution in [2.75, 3.05) is 19.6 Å². The molecule has 76 valence electrons. The fraction of sp³-hybridized carbons (Fsp3) is 0.833. The summed E-state index contributed by atoms with van der Waals surface area (Å²) in [5.41, 5.74) is 1.85. The zero-order valence-corrected chi connectivity index (χ0v) is 9.40. The van der Waals surface area contributed by atoms with Crippen LogP contribution in [-0.4, -0.2) is 24.5 Å². The molecule has 0 saturated carbocycles. The maximum atomic E-state index is 3.97. The Balaban J connectivity index is 2.40. The van der Waals surface area contributed by atoms with Gasteiger partial charge in [-0.3, -0.25) is 4.90 Å². The third-order valence-corrected chi connectivity index (χ3v) is 2.93. The van der Waals surface area contributed by atoms with E-state index in [0.29, 0.717) is 5.41 Å². The minimum absolute atomic E-state index is 0.559. The fourth-order valence-electron chi connectivity index (χ4n) is 2.02. The van der Waals surface area contributed by atoms with Crippen molar-refractivity contribution in [3.63, 3.8) is 0 Å². The maximum Gasteiger partial charge on any atom is 0.0187 e. The quantitative estimate of drug-likeness (QED) is 0.592. The van der Waals surface area contributed by atoms with Gasteiger partial charge in [-0.1, -0.05) is 26.0 Å². The highest BCUT2D eigenvalue weighted by atomic mass is 15.1. The molecule has 13 heavy (non-hydrogen) atoms. The Morgan fingerprint density at radius 1 is 1.31 bits per heavy atom. The van der Waals surface area contributed by atoms with Gasteiger partial charge in [0.05, 0.1) is 0 Å². The first-order valence-corrected chi connectivity index (χ1v) is 5.36. The van der Waals surface area contributed by atoms with Gasteiger partial charge < -0.3 is 0 Å². The summed E-state index contributed by atoms with van der Waals surface area (Å²) in [7, 11) is 0. The summed E-state index contributed by atoms with van der Waals surface area (Å²) in [6, 6.07) is 0. The summed E-state index contributed by atoms with van der Waals surface area (Å²) in [4.78, 5) is 2.54. The molecule has 1 heterocycles. The third kappa shape index (κ3) is 3.95. The van der Waals surface area contributed by atoms with Crippen molar-refractivity contribution < 1.29 is 0 Å². The highest BCUT2D eigenvalue weighted by Crippen LogP contribution is 2.29. The molecule has 0 aromatic carbocycles. The van der Waals surface area contributed by atoms with Crippen molar-refractivity contribution >= 4 is 0 Å². The molecule has 1 rings (SSSR count). The maximum absolute atomic E-state index is 3.97. The second-order valence-electron chi connectivity index (χ2n) is 5.25. The molecular formula is C12H23N. The Morgan fingerprint density at radius 2 is 2.00 bits per heavy atom. The first-order valence-electron chi connectivity index (χ1n) is 5.36. The summed E-state index contributed by atoms with van der Waals surface area (Å²) in [5, 5.41) is 0. The van der Waals surface area contributed by atoms with Gasteiger partial charge in [0.15, 0.2) is 0 Å². The van der Waals surface area contributed by atoms with Crippen molar-refractivity contribution in [3.8, 4) is 0 Å². The van der Waals surface area contributed by atoms with Crippen LogP contribution in [-0.2, 0) is 0 Å². The summed E-state index contributed by atoms with van der Waals surface area (Å²) in [6.45, 7) is 14.5. The predicted octanol–water partition coefficient (Wildman–Crippen LogP) is 3.07. The van der Waals surface area contributed by atoms with Crippen molar-refractivity contribution in [3.05, 3.63) is 12.2 Å². The SMILES string of the molecule is C=C(C)CN1CCCC(C)(C)CC1. The lowest BCUT2D eigenvalue weighted by Gasteiger charge is -2.23. The van der Waals surface area contributed by atoms with Gasteiger partial charge in [0.25, 0.3) is 0 Å². The van der Waals surface area contributed by atoms with Gasteiger partial charge in [-0.2, -0.15) is 0 Å². The van der Waals surface area contributed by atoms with E-state index in [0.717, 1.165) is 6.54 Å². The van der Waals surface area contributed by atoms with Gasteiger partial charge in [-0.15, -0.1) is 0 Å². The average molecular weight is 181 g/mol. The number of likely N-dealkylation sites (tertiary alicyclic amines) is 1. The highest BCUT2D eigenvalue weighted by molar-refractivity contribution is 4.92. The topological polar surface area (TPSA) is 3.24 Å². The minimum atomic E-state index is 0.559. The zero-order valence-electron chi connectivity index (χ0n) is 9.40. The molecule has 1 heteroatoms. The van der Waals surface area contributed by atoms with Gasteiger partial charge in [0.1, 0.15) is 0 Å². The van der Waals surface area contributed by atoms with Crippen LogP contribution in [0.15, 0.2) is 12.2 Å². The van der Waals surface area contributed by atoms with Gasteiger partial charge >= 0.3 is 0 Å². The lowest BCUT2D eigenvalue weighted by molar-refractivity contribution is 0.277. The minimum Gasteiger partial charge on any atom is -0.299 e. The van der Waals surface area contributed by atoms with Crippen LogP contribution in [0.5, 0.6) is 0 Å². The van der Waals surface area contributed by atoms with Crippen LogP contribution < -0.4 is 0 Å². The van der Waals surface area contributed by atoms with Gasteiger partial charge in [0.2, 0.25) is 0 Å². The summed E-state index contributed by atoms with van der Waals surface area (Å²) in [6.07, 6.45) is 4.06. The Kier molecular flexibility index (Phi) is 3.55. The Labute approximate surface area is 82.8 Å². The number of nitrogens with zero attached hydrogens (tertiary/aromatic N) is 1. The van der Waals surface area contributed by atoms with E-state index in [-0.39, 0.29) is 0 Å². The number of rotatable bonds is 2. The first kappa shape index (κ1) is 10.8. The van der Waals surface area contributed by atoms with E-state index in [1.807, 2.05) is 0 Å². The van der Waals surface area contributed by atoms with Crippen LogP contribution in [0, 0.1) is 5.41 Å². The molecule has 0 atom stereocenters. The Morgan fingerprint density at radius 3 is 2.62 bits per heavy atom. The van der Waals surface area contributed by atoms with E-state index in [2.05, 4.69) is 32.3 Å². The van der Waals surface area contributed by atoms with E-state index in [4.69, 9.17) is 0 Å². The van der Waals surface area contributed by atoms with Crippen molar-refractivity contribution in [2.45, 2.75) is 40.0 Å². The molecule has 0 aliphatic carbocycles. The van der Waals surface area contributed by atoms with Crippen LogP contribution in [0.2, 0.25) is 0 Å². The molecule has 1 fully saturated rings. The summed E-state index contributed by atoms with van der Waals surface area (Å²) >= 11 is 0. The monoisotopic (exact) mass is 181 g/mol. The number of hydrogen-bond acceptors (Lipinski definition) is 1. The fourth-order valence-corrected chi connectivity index (χ4v) is 2.02. The molecule has 0 bridgehead atoms. The largest absolute Gasteiger partial charge is 0.299 e. The third-order valence-electron chi connectivity index (χ3n) is 2.93. The van der Waals surface area contributed by atoms with Gasteiger partial charge in [0, 0.05) is 6.54 Å². The van der Waals surface area contributed by atoms with E-state index in [9.17, 15) is 0 Å². The van der Waals surface area contributed by atoms with E-state index < -0.39 is 0 Å². The Bertz CT molecular complexity index is 182. The first-order chi connectivity index (χ1) is 5.99. The normalized spacial score (nSPS) is 23.9. The second-order valence-corrected chi connectivity index (χ2v) is 5.25. The molecule has 1 nitrogen and oxygen atoms in total. The molecule has 1 aliphatic heterocycles. The molecule has 0 spiro atoms. The lowest BCUT2D eigenvalue weighted by atomic mass is 9.85. The number of hydrogen-bond donors (Lipinski definition) is 0. The van der Waals surface area contributed by atoms with Gasteiger partial charge in [-0.05, 0) is 44.7 Å². The summed E-state index contributed by atoms with van der Waals surface area (Å²) in [5.74, 6) is 0. The molecular weight excluding hydrogens is 158 g/mol. The molecule has 1 aliphatic rings. The van der Waals surface area contributed by atoms with E-state index in [1.165, 1.54) is 37.9 Å². The molecule has 0 aromatic heterocycles. The van der Waals surface area contributed by atoms with Crippen molar-refractivity contribution in [1.29, 1.82) is 0 Å². The van der Waals surface area contributed by atoms with Gasteiger partial charge in [-0.25, -0.2) is 0 Å². The Hall–Kier alpha value is -0.300. The molecule has 0 amide bonds. The average Bonchev–Trinajstić information content (AvgIpc) is 2.12.